The fraction of sp³-hybridized carbons (Fsp3) is 0.371. The predicted molar refractivity (Wildman–Crippen MR) is 180 cm³/mol. The Hall–Kier alpha value is -2.75. The molecule has 1 fully saturated rings. The number of hydrogen-bond acceptors (Lipinski definition) is 4. The molecule has 0 bridgehead atoms. The first-order valence-corrected chi connectivity index (χ1v) is 17.8. The van der Waals surface area contributed by atoms with Crippen molar-refractivity contribution in [1.82, 2.24) is 9.80 Å². The lowest BCUT2D eigenvalue weighted by Crippen LogP contribution is -2.46. The SMILES string of the molecule is CN(Cc1ccc(F)c2ccccc12)C[C@@H](CCN1CCC2(CC1)CN(S(C)(=O)=O)c1ccc(F)cc12)c1ccc(Cl)c(Cl)c1. The second-order valence-electron chi connectivity index (χ2n) is 12.7. The third-order valence-corrected chi connectivity index (χ3v) is 11.5. The molecule has 0 radical (unpaired) electrons. The van der Waals surface area contributed by atoms with Crippen LogP contribution in [0.2, 0.25) is 10.0 Å². The van der Waals surface area contributed by atoms with Crippen LogP contribution in [-0.2, 0) is 22.0 Å². The van der Waals surface area contributed by atoms with Gasteiger partial charge in [-0.05, 0) is 110 Å². The van der Waals surface area contributed by atoms with E-state index in [1.807, 2.05) is 48.5 Å². The van der Waals surface area contributed by atoms with Crippen molar-refractivity contribution in [1.29, 1.82) is 0 Å². The summed E-state index contributed by atoms with van der Waals surface area (Å²) in [6, 6.07) is 21.3. The number of likely N-dealkylation sites (tertiary alicyclic amines) is 1. The Bertz CT molecular complexity index is 1830. The number of benzene rings is 4. The molecule has 0 saturated carbocycles. The summed E-state index contributed by atoms with van der Waals surface area (Å²) in [5.74, 6) is -0.397. The van der Waals surface area contributed by atoms with E-state index in [0.29, 0.717) is 34.2 Å². The fourth-order valence-corrected chi connectivity index (χ4v) is 8.49. The van der Waals surface area contributed by atoms with E-state index in [4.69, 9.17) is 23.2 Å². The van der Waals surface area contributed by atoms with Gasteiger partial charge in [-0.2, -0.15) is 0 Å². The zero-order chi connectivity index (χ0) is 31.9. The lowest BCUT2D eigenvalue weighted by molar-refractivity contribution is 0.159. The molecule has 4 aromatic rings. The number of likely N-dealkylation sites (N-methyl/N-ethyl adjacent to an activating group) is 1. The maximum Gasteiger partial charge on any atom is 0.232 e. The van der Waals surface area contributed by atoms with Crippen molar-refractivity contribution in [3.63, 3.8) is 0 Å². The Morgan fingerprint density at radius 3 is 2.38 bits per heavy atom. The minimum absolute atomic E-state index is 0.161. The molecular weight excluding hydrogens is 635 g/mol. The fourth-order valence-electron chi connectivity index (χ4n) is 7.19. The molecular formula is C35H37Cl2F2N3O2S. The largest absolute Gasteiger partial charge is 0.303 e. The molecule has 4 aromatic carbocycles. The molecule has 5 nitrogen and oxygen atoms in total. The number of rotatable bonds is 9. The Labute approximate surface area is 274 Å². The van der Waals surface area contributed by atoms with E-state index in [-0.39, 0.29) is 17.6 Å². The Balaban J connectivity index is 1.16. The van der Waals surface area contributed by atoms with Gasteiger partial charge in [-0.1, -0.05) is 59.6 Å². The Kier molecular flexibility index (Phi) is 9.16. The van der Waals surface area contributed by atoms with E-state index in [9.17, 15) is 17.2 Å². The van der Waals surface area contributed by atoms with Crippen LogP contribution >= 0.6 is 23.2 Å². The van der Waals surface area contributed by atoms with Gasteiger partial charge in [0, 0.05) is 30.4 Å². The molecule has 2 aliphatic heterocycles. The van der Waals surface area contributed by atoms with Crippen LogP contribution in [0.5, 0.6) is 0 Å². The molecule has 2 heterocycles. The van der Waals surface area contributed by atoms with E-state index in [1.54, 1.807) is 6.07 Å². The molecule has 1 saturated heterocycles. The van der Waals surface area contributed by atoms with Gasteiger partial charge >= 0.3 is 0 Å². The zero-order valence-electron chi connectivity index (χ0n) is 25.4. The first-order valence-electron chi connectivity index (χ1n) is 15.2. The van der Waals surface area contributed by atoms with E-state index in [1.165, 1.54) is 28.8 Å². The monoisotopic (exact) mass is 671 g/mol. The van der Waals surface area contributed by atoms with Crippen LogP contribution in [0.1, 0.15) is 41.9 Å². The van der Waals surface area contributed by atoms with Gasteiger partial charge in [-0.25, -0.2) is 17.2 Å². The van der Waals surface area contributed by atoms with E-state index >= 15 is 0 Å². The van der Waals surface area contributed by atoms with Gasteiger partial charge in [0.25, 0.3) is 0 Å². The highest BCUT2D eigenvalue weighted by Gasteiger charge is 2.47. The second-order valence-corrected chi connectivity index (χ2v) is 15.4. The smallest absolute Gasteiger partial charge is 0.232 e. The average molecular weight is 673 g/mol. The lowest BCUT2D eigenvalue weighted by Gasteiger charge is -2.40. The summed E-state index contributed by atoms with van der Waals surface area (Å²) in [5.41, 5.74) is 3.19. The van der Waals surface area contributed by atoms with Crippen molar-refractivity contribution < 1.29 is 17.2 Å². The molecule has 1 atom stereocenters. The van der Waals surface area contributed by atoms with Crippen molar-refractivity contribution in [2.75, 3.05) is 50.3 Å². The molecule has 1 spiro atoms. The highest BCUT2D eigenvalue weighted by atomic mass is 35.5. The topological polar surface area (TPSA) is 43.9 Å². The van der Waals surface area contributed by atoms with Gasteiger partial charge in [-0.3, -0.25) is 4.31 Å². The summed E-state index contributed by atoms with van der Waals surface area (Å²) < 4.78 is 55.4. The zero-order valence-corrected chi connectivity index (χ0v) is 27.8. The molecule has 238 valence electrons. The third-order valence-electron chi connectivity index (χ3n) is 9.60. The maximum atomic E-state index is 14.5. The quantitative estimate of drug-likeness (QED) is 0.182. The molecule has 0 aromatic heterocycles. The second kappa shape index (κ2) is 12.8. The Morgan fingerprint density at radius 2 is 1.67 bits per heavy atom. The number of hydrogen-bond donors (Lipinski definition) is 0. The van der Waals surface area contributed by atoms with Crippen LogP contribution in [0.4, 0.5) is 14.5 Å². The predicted octanol–water partition coefficient (Wildman–Crippen LogP) is 7.84. The van der Waals surface area contributed by atoms with Crippen LogP contribution in [0.3, 0.4) is 0 Å². The molecule has 2 aliphatic rings. The van der Waals surface area contributed by atoms with Crippen LogP contribution in [0, 0.1) is 11.6 Å². The summed E-state index contributed by atoms with van der Waals surface area (Å²) in [6.45, 7) is 4.21. The number of fused-ring (bicyclic) bond motifs is 3. The molecule has 0 amide bonds. The van der Waals surface area contributed by atoms with E-state index in [2.05, 4.69) is 16.8 Å². The Morgan fingerprint density at radius 1 is 0.933 bits per heavy atom. The summed E-state index contributed by atoms with van der Waals surface area (Å²) >= 11 is 12.7. The summed E-state index contributed by atoms with van der Waals surface area (Å²) in [5, 5.41) is 2.58. The van der Waals surface area contributed by atoms with Crippen molar-refractivity contribution >= 4 is 49.7 Å². The van der Waals surface area contributed by atoms with Gasteiger partial charge < -0.3 is 9.80 Å². The van der Waals surface area contributed by atoms with Gasteiger partial charge in [0.05, 0.1) is 22.0 Å². The van der Waals surface area contributed by atoms with Crippen LogP contribution < -0.4 is 4.31 Å². The van der Waals surface area contributed by atoms with Gasteiger partial charge in [0.2, 0.25) is 10.0 Å². The maximum absolute atomic E-state index is 14.5. The normalized spacial score (nSPS) is 17.4. The number of anilines is 1. The van der Waals surface area contributed by atoms with E-state index in [0.717, 1.165) is 67.5 Å². The van der Waals surface area contributed by atoms with Crippen molar-refractivity contribution in [3.05, 3.63) is 111 Å². The first-order chi connectivity index (χ1) is 21.4. The molecule has 0 unspecified atom stereocenters. The summed E-state index contributed by atoms with van der Waals surface area (Å²) in [6.07, 6.45) is 3.60. The van der Waals surface area contributed by atoms with Gasteiger partial charge in [0.1, 0.15) is 11.6 Å². The minimum atomic E-state index is -3.47. The standard InChI is InChI=1S/C35H37Cl2F2N3O2S/c1-40(22-26-8-11-33(39)29-6-4-3-5-28(26)29)21-25(24-7-10-31(36)32(37)19-24)13-16-41-17-14-35(15-18-41)23-42(45(2,43)44)34-12-9-27(38)20-30(34)35/h3-12,19-20,25H,13-18,21-23H2,1-2H3/t25-/m1/s1. The highest BCUT2D eigenvalue weighted by Crippen LogP contribution is 2.48. The van der Waals surface area contributed by atoms with Crippen molar-refractivity contribution in [2.45, 2.75) is 37.1 Å². The number of halogens is 4. The average Bonchev–Trinajstić information content (AvgIpc) is 3.32. The number of nitrogens with zero attached hydrogens (tertiary/aromatic N) is 3. The van der Waals surface area contributed by atoms with Crippen LogP contribution in [-0.4, -0.2) is 64.2 Å². The third kappa shape index (κ3) is 6.72. The minimum Gasteiger partial charge on any atom is -0.303 e. The van der Waals surface area contributed by atoms with Crippen LogP contribution in [0.15, 0.2) is 72.8 Å². The molecule has 0 N–H and O–H groups in total. The molecule has 6 rings (SSSR count). The summed E-state index contributed by atoms with van der Waals surface area (Å²) in [7, 11) is -1.39. The van der Waals surface area contributed by atoms with Gasteiger partial charge in [0.15, 0.2) is 0 Å². The molecule has 0 aliphatic carbocycles. The highest BCUT2D eigenvalue weighted by molar-refractivity contribution is 7.92. The van der Waals surface area contributed by atoms with Crippen LogP contribution in [0.25, 0.3) is 10.8 Å². The van der Waals surface area contributed by atoms with E-state index < -0.39 is 15.4 Å². The molecule has 10 heteroatoms. The van der Waals surface area contributed by atoms with Crippen molar-refractivity contribution in [2.24, 2.45) is 0 Å². The first kappa shape index (κ1) is 32.2. The lowest BCUT2D eigenvalue weighted by atomic mass is 9.74. The molecule has 45 heavy (non-hydrogen) atoms. The van der Waals surface area contributed by atoms with Crippen molar-refractivity contribution in [3.8, 4) is 0 Å². The number of piperidine rings is 1. The summed E-state index contributed by atoms with van der Waals surface area (Å²) in [4.78, 5) is 4.69. The number of sulfonamides is 1. The van der Waals surface area contributed by atoms with Gasteiger partial charge in [-0.15, -0.1) is 0 Å².